The zero-order chi connectivity index (χ0) is 11.6. The first-order chi connectivity index (χ1) is 7.86. The van der Waals surface area contributed by atoms with Gasteiger partial charge in [0, 0.05) is 19.3 Å². The quantitative estimate of drug-likeness (QED) is 0.686. The average molecular weight is 227 g/mol. The van der Waals surface area contributed by atoms with Crippen LogP contribution in [0.5, 0.6) is 0 Å². The topological polar surface area (TPSA) is 21.3 Å². The van der Waals surface area contributed by atoms with Crippen molar-refractivity contribution in [3.05, 3.63) is 0 Å². The molecule has 0 saturated carbocycles. The van der Waals surface area contributed by atoms with Gasteiger partial charge in [0.05, 0.1) is 0 Å². The van der Waals surface area contributed by atoms with Crippen LogP contribution in [-0.2, 0) is 4.74 Å². The van der Waals surface area contributed by atoms with Crippen LogP contribution in [0.15, 0.2) is 0 Å². The molecule has 2 heteroatoms. The van der Waals surface area contributed by atoms with Crippen LogP contribution in [0.1, 0.15) is 58.8 Å². The summed E-state index contributed by atoms with van der Waals surface area (Å²) < 4.78 is 5.54. The Hall–Kier alpha value is -0.0800. The van der Waals surface area contributed by atoms with E-state index in [0.29, 0.717) is 0 Å². The minimum atomic E-state index is 0.742. The maximum absolute atomic E-state index is 5.54. The lowest BCUT2D eigenvalue weighted by molar-refractivity contribution is 0.0497. The van der Waals surface area contributed by atoms with Crippen molar-refractivity contribution in [3.8, 4) is 0 Å². The highest BCUT2D eigenvalue weighted by Gasteiger charge is 2.15. The summed E-state index contributed by atoms with van der Waals surface area (Å²) in [6.07, 6.45) is 9.20. The number of nitrogens with one attached hydrogen (secondary N) is 1. The smallest absolute Gasteiger partial charge is 0.0494 e. The molecule has 0 spiro atoms. The normalized spacial score (nSPS) is 23.2. The van der Waals surface area contributed by atoms with Crippen molar-refractivity contribution in [3.63, 3.8) is 0 Å². The van der Waals surface area contributed by atoms with Crippen molar-refractivity contribution in [1.29, 1.82) is 0 Å². The van der Waals surface area contributed by atoms with Crippen LogP contribution in [0, 0.1) is 5.92 Å². The molecule has 0 aromatic carbocycles. The van der Waals surface area contributed by atoms with Gasteiger partial charge < -0.3 is 10.1 Å². The van der Waals surface area contributed by atoms with Gasteiger partial charge in [-0.3, -0.25) is 0 Å². The van der Waals surface area contributed by atoms with Crippen LogP contribution in [0.4, 0.5) is 0 Å². The molecule has 1 fully saturated rings. The summed E-state index contributed by atoms with van der Waals surface area (Å²) in [6.45, 7) is 7.69. The Morgan fingerprint density at radius 3 is 2.75 bits per heavy atom. The van der Waals surface area contributed by atoms with Crippen LogP contribution >= 0.6 is 0 Å². The minimum Gasteiger partial charge on any atom is -0.381 e. The van der Waals surface area contributed by atoms with Gasteiger partial charge in [-0.25, -0.2) is 0 Å². The SMILES string of the molecule is CCCNC(CCC)CCC1CCCOC1. The van der Waals surface area contributed by atoms with Gasteiger partial charge in [0.25, 0.3) is 0 Å². The Labute approximate surface area is 101 Å². The maximum Gasteiger partial charge on any atom is 0.0494 e. The van der Waals surface area contributed by atoms with Gasteiger partial charge in [-0.15, -0.1) is 0 Å². The molecule has 0 radical (unpaired) electrons. The van der Waals surface area contributed by atoms with Gasteiger partial charge in [-0.05, 0) is 51.0 Å². The Bertz CT molecular complexity index is 155. The zero-order valence-electron chi connectivity index (χ0n) is 11.1. The second-order valence-electron chi connectivity index (χ2n) is 5.10. The lowest BCUT2D eigenvalue weighted by atomic mass is 9.93. The first-order valence-electron chi connectivity index (χ1n) is 7.18. The molecule has 2 unspecified atom stereocenters. The van der Waals surface area contributed by atoms with E-state index in [2.05, 4.69) is 19.2 Å². The Morgan fingerprint density at radius 2 is 2.12 bits per heavy atom. The number of hydrogen-bond acceptors (Lipinski definition) is 2. The molecular formula is C14H29NO. The van der Waals surface area contributed by atoms with Crippen LogP contribution in [-0.4, -0.2) is 25.8 Å². The summed E-state index contributed by atoms with van der Waals surface area (Å²) in [4.78, 5) is 0. The van der Waals surface area contributed by atoms with Crippen molar-refractivity contribution in [1.82, 2.24) is 5.32 Å². The molecule has 0 aromatic rings. The first kappa shape index (κ1) is 14.0. The molecule has 0 aliphatic carbocycles. The molecule has 0 aromatic heterocycles. The van der Waals surface area contributed by atoms with Gasteiger partial charge in [0.2, 0.25) is 0 Å². The number of hydrogen-bond donors (Lipinski definition) is 1. The third-order valence-electron chi connectivity index (χ3n) is 3.50. The molecule has 1 aliphatic heterocycles. The molecule has 1 aliphatic rings. The van der Waals surface area contributed by atoms with Gasteiger partial charge in [0.15, 0.2) is 0 Å². The van der Waals surface area contributed by atoms with E-state index in [-0.39, 0.29) is 0 Å². The maximum atomic E-state index is 5.54. The molecule has 2 nitrogen and oxygen atoms in total. The van der Waals surface area contributed by atoms with Crippen molar-refractivity contribution in [2.45, 2.75) is 64.8 Å². The third kappa shape index (κ3) is 5.86. The second-order valence-corrected chi connectivity index (χ2v) is 5.10. The fraction of sp³-hybridized carbons (Fsp3) is 1.00. The van der Waals surface area contributed by atoms with E-state index < -0.39 is 0 Å². The molecule has 16 heavy (non-hydrogen) atoms. The van der Waals surface area contributed by atoms with Crippen molar-refractivity contribution in [2.75, 3.05) is 19.8 Å². The average Bonchev–Trinajstić information content (AvgIpc) is 2.34. The Morgan fingerprint density at radius 1 is 1.25 bits per heavy atom. The Balaban J connectivity index is 2.14. The lowest BCUT2D eigenvalue weighted by Gasteiger charge is -2.25. The fourth-order valence-corrected chi connectivity index (χ4v) is 2.52. The van der Waals surface area contributed by atoms with Gasteiger partial charge >= 0.3 is 0 Å². The van der Waals surface area contributed by atoms with Crippen LogP contribution in [0.3, 0.4) is 0 Å². The molecular weight excluding hydrogens is 198 g/mol. The molecule has 1 N–H and O–H groups in total. The zero-order valence-corrected chi connectivity index (χ0v) is 11.1. The first-order valence-corrected chi connectivity index (χ1v) is 7.18. The summed E-state index contributed by atoms with van der Waals surface area (Å²) in [7, 11) is 0. The van der Waals surface area contributed by atoms with E-state index >= 15 is 0 Å². The highest BCUT2D eigenvalue weighted by atomic mass is 16.5. The standard InChI is InChI=1S/C14H29NO/c1-3-6-14(15-10-4-2)9-8-13-7-5-11-16-12-13/h13-15H,3-12H2,1-2H3. The molecule has 1 heterocycles. The van der Waals surface area contributed by atoms with E-state index in [1.54, 1.807) is 0 Å². The van der Waals surface area contributed by atoms with Gasteiger partial charge in [0.1, 0.15) is 0 Å². The highest BCUT2D eigenvalue weighted by molar-refractivity contribution is 4.70. The molecule has 2 atom stereocenters. The number of rotatable bonds is 8. The van der Waals surface area contributed by atoms with Gasteiger partial charge in [-0.1, -0.05) is 20.3 Å². The summed E-state index contributed by atoms with van der Waals surface area (Å²) in [6, 6.07) is 0.742. The predicted molar refractivity (Wildman–Crippen MR) is 69.8 cm³/mol. The lowest BCUT2D eigenvalue weighted by Crippen LogP contribution is -2.31. The van der Waals surface area contributed by atoms with Crippen LogP contribution in [0.25, 0.3) is 0 Å². The summed E-state index contributed by atoms with van der Waals surface area (Å²) in [5.74, 6) is 0.830. The van der Waals surface area contributed by atoms with E-state index in [4.69, 9.17) is 4.74 Å². The third-order valence-corrected chi connectivity index (χ3v) is 3.50. The Kier molecular flexibility index (Phi) is 7.87. The van der Waals surface area contributed by atoms with Crippen molar-refractivity contribution >= 4 is 0 Å². The van der Waals surface area contributed by atoms with Crippen molar-refractivity contribution in [2.24, 2.45) is 5.92 Å². The second kappa shape index (κ2) is 9.00. The highest BCUT2D eigenvalue weighted by Crippen LogP contribution is 2.20. The minimum absolute atomic E-state index is 0.742. The molecule has 1 rings (SSSR count). The van der Waals surface area contributed by atoms with E-state index in [9.17, 15) is 0 Å². The fourth-order valence-electron chi connectivity index (χ4n) is 2.52. The van der Waals surface area contributed by atoms with Crippen LogP contribution in [0.2, 0.25) is 0 Å². The summed E-state index contributed by atoms with van der Waals surface area (Å²) in [5, 5.41) is 3.67. The van der Waals surface area contributed by atoms with Gasteiger partial charge in [-0.2, -0.15) is 0 Å². The molecule has 1 saturated heterocycles. The predicted octanol–water partition coefficient (Wildman–Crippen LogP) is 3.36. The van der Waals surface area contributed by atoms with Crippen molar-refractivity contribution < 1.29 is 4.74 Å². The molecule has 96 valence electrons. The summed E-state index contributed by atoms with van der Waals surface area (Å²) >= 11 is 0. The molecule has 0 amide bonds. The monoisotopic (exact) mass is 227 g/mol. The largest absolute Gasteiger partial charge is 0.381 e. The summed E-state index contributed by atoms with van der Waals surface area (Å²) in [5.41, 5.74) is 0. The van der Waals surface area contributed by atoms with E-state index in [1.165, 1.54) is 51.5 Å². The van der Waals surface area contributed by atoms with E-state index in [0.717, 1.165) is 25.2 Å². The van der Waals surface area contributed by atoms with E-state index in [1.807, 2.05) is 0 Å². The van der Waals surface area contributed by atoms with Crippen LogP contribution < -0.4 is 5.32 Å². The molecule has 0 bridgehead atoms. The number of ether oxygens (including phenoxy) is 1.